The fraction of sp³-hybridized carbons (Fsp3) is 0.0526. The first-order chi connectivity index (χ1) is 12.0. The molecule has 3 rings (SSSR count). The fourth-order valence-electron chi connectivity index (χ4n) is 2.43. The summed E-state index contributed by atoms with van der Waals surface area (Å²) in [6, 6.07) is 15.4. The minimum Gasteiger partial charge on any atom is -0.424 e. The Morgan fingerprint density at radius 2 is 1.88 bits per heavy atom. The quantitative estimate of drug-likeness (QED) is 0.308. The van der Waals surface area contributed by atoms with E-state index in [2.05, 4.69) is 4.98 Å². The van der Waals surface area contributed by atoms with Gasteiger partial charge in [-0.1, -0.05) is 30.3 Å². The predicted octanol–water partition coefficient (Wildman–Crippen LogP) is 4.24. The van der Waals surface area contributed by atoms with Crippen molar-refractivity contribution in [1.29, 1.82) is 0 Å². The number of nitro benzene ring substituents is 1. The van der Waals surface area contributed by atoms with Crippen molar-refractivity contribution in [3.8, 4) is 5.75 Å². The summed E-state index contributed by atoms with van der Waals surface area (Å²) in [5.74, 6) is -0.0407. The maximum atomic E-state index is 11.2. The Morgan fingerprint density at radius 3 is 2.64 bits per heavy atom. The molecule has 1 heterocycles. The minimum absolute atomic E-state index is 0.0279. The number of pyridine rings is 1. The fourth-order valence-corrected chi connectivity index (χ4v) is 2.43. The van der Waals surface area contributed by atoms with Crippen molar-refractivity contribution in [3.63, 3.8) is 0 Å². The highest BCUT2D eigenvalue weighted by atomic mass is 16.6. The van der Waals surface area contributed by atoms with Crippen LogP contribution in [0.25, 0.3) is 23.1 Å². The molecule has 0 radical (unpaired) electrons. The maximum Gasteiger partial charge on any atom is 0.308 e. The van der Waals surface area contributed by atoms with Crippen LogP contribution < -0.4 is 4.74 Å². The number of rotatable bonds is 4. The number of para-hydroxylation sites is 2. The lowest BCUT2D eigenvalue weighted by molar-refractivity contribution is -0.385. The van der Waals surface area contributed by atoms with Crippen molar-refractivity contribution in [2.75, 3.05) is 0 Å². The molecule has 0 unspecified atom stereocenters. The van der Waals surface area contributed by atoms with Gasteiger partial charge in [-0.2, -0.15) is 0 Å². The summed E-state index contributed by atoms with van der Waals surface area (Å²) in [6.07, 6.45) is 3.33. The number of hydrogen-bond acceptors (Lipinski definition) is 5. The molecule has 0 fully saturated rings. The highest BCUT2D eigenvalue weighted by Gasteiger charge is 2.10. The highest BCUT2D eigenvalue weighted by Crippen LogP contribution is 2.25. The summed E-state index contributed by atoms with van der Waals surface area (Å²) in [6.45, 7) is 1.33. The van der Waals surface area contributed by atoms with E-state index in [0.29, 0.717) is 22.5 Å². The third-order valence-corrected chi connectivity index (χ3v) is 3.53. The number of carbonyl (C=O) groups excluding carboxylic acids is 1. The van der Waals surface area contributed by atoms with E-state index in [0.717, 1.165) is 5.39 Å². The van der Waals surface area contributed by atoms with E-state index in [4.69, 9.17) is 4.74 Å². The summed E-state index contributed by atoms with van der Waals surface area (Å²) < 4.78 is 5.18. The van der Waals surface area contributed by atoms with Gasteiger partial charge in [0, 0.05) is 18.4 Å². The average molecular weight is 334 g/mol. The van der Waals surface area contributed by atoms with Crippen LogP contribution >= 0.6 is 0 Å². The number of nitro groups is 1. The molecule has 0 aliphatic heterocycles. The zero-order valence-electron chi connectivity index (χ0n) is 13.4. The summed E-state index contributed by atoms with van der Waals surface area (Å²) in [4.78, 5) is 26.3. The van der Waals surface area contributed by atoms with E-state index in [-0.39, 0.29) is 5.69 Å². The first-order valence-corrected chi connectivity index (χ1v) is 7.54. The van der Waals surface area contributed by atoms with E-state index >= 15 is 0 Å². The molecule has 3 aromatic rings. The van der Waals surface area contributed by atoms with Crippen molar-refractivity contribution in [2.24, 2.45) is 0 Å². The van der Waals surface area contributed by atoms with Gasteiger partial charge in [0.15, 0.2) is 5.75 Å². The number of hydrogen-bond donors (Lipinski definition) is 0. The molecule has 0 spiro atoms. The Balaban J connectivity index is 2.00. The van der Waals surface area contributed by atoms with E-state index < -0.39 is 10.9 Å². The standard InChI is InChI=1S/C19H14N2O4/c1-13(22)25-18-8-4-6-15-10-12-16(20-19(15)18)11-9-14-5-2-3-7-17(14)21(23)24/h2-12H,1H3. The number of carbonyl (C=O) groups is 1. The zero-order valence-corrected chi connectivity index (χ0v) is 13.4. The van der Waals surface area contributed by atoms with Crippen molar-refractivity contribution >= 4 is 34.7 Å². The molecular formula is C19H14N2O4. The van der Waals surface area contributed by atoms with Crippen LogP contribution in [0.5, 0.6) is 5.75 Å². The van der Waals surface area contributed by atoms with Gasteiger partial charge in [0.25, 0.3) is 5.69 Å². The number of nitrogens with zero attached hydrogens (tertiary/aromatic N) is 2. The average Bonchev–Trinajstić information content (AvgIpc) is 2.60. The minimum atomic E-state index is -0.424. The van der Waals surface area contributed by atoms with Crippen LogP contribution in [-0.2, 0) is 4.79 Å². The Morgan fingerprint density at radius 1 is 1.08 bits per heavy atom. The molecule has 0 saturated heterocycles. The van der Waals surface area contributed by atoms with Gasteiger partial charge in [0.2, 0.25) is 0 Å². The number of esters is 1. The lowest BCUT2D eigenvalue weighted by Gasteiger charge is -2.06. The van der Waals surface area contributed by atoms with Crippen molar-refractivity contribution < 1.29 is 14.5 Å². The molecule has 124 valence electrons. The molecule has 0 atom stereocenters. The Hall–Kier alpha value is -3.54. The van der Waals surface area contributed by atoms with E-state index in [9.17, 15) is 14.9 Å². The van der Waals surface area contributed by atoms with Gasteiger partial charge in [0.1, 0.15) is 5.52 Å². The van der Waals surface area contributed by atoms with Gasteiger partial charge in [-0.05, 0) is 30.4 Å². The van der Waals surface area contributed by atoms with Gasteiger partial charge in [-0.25, -0.2) is 4.98 Å². The second-order valence-electron chi connectivity index (χ2n) is 5.31. The number of fused-ring (bicyclic) bond motifs is 1. The second-order valence-corrected chi connectivity index (χ2v) is 5.31. The summed E-state index contributed by atoms with van der Waals surface area (Å²) in [5.41, 5.74) is 1.68. The molecule has 6 heteroatoms. The molecule has 0 saturated carbocycles. The van der Waals surface area contributed by atoms with Crippen molar-refractivity contribution in [1.82, 2.24) is 4.98 Å². The molecule has 0 amide bonds. The zero-order chi connectivity index (χ0) is 17.8. The SMILES string of the molecule is CC(=O)Oc1cccc2ccc(C=Cc3ccccc3[N+](=O)[O-])nc12. The monoisotopic (exact) mass is 334 g/mol. The molecule has 0 bridgehead atoms. The van der Waals surface area contributed by atoms with E-state index in [1.807, 2.05) is 12.1 Å². The first-order valence-electron chi connectivity index (χ1n) is 7.54. The summed E-state index contributed by atoms with van der Waals surface area (Å²) in [5, 5.41) is 11.9. The Labute approximate surface area is 143 Å². The van der Waals surface area contributed by atoms with Crippen LogP contribution in [0.15, 0.2) is 54.6 Å². The van der Waals surface area contributed by atoms with Gasteiger partial charge >= 0.3 is 5.97 Å². The lowest BCUT2D eigenvalue weighted by atomic mass is 10.1. The van der Waals surface area contributed by atoms with Crippen LogP contribution in [0, 0.1) is 10.1 Å². The molecule has 1 aromatic heterocycles. The third kappa shape index (κ3) is 3.69. The Kier molecular flexibility index (Phi) is 4.52. The molecule has 25 heavy (non-hydrogen) atoms. The maximum absolute atomic E-state index is 11.2. The molecule has 0 N–H and O–H groups in total. The highest BCUT2D eigenvalue weighted by molar-refractivity contribution is 5.88. The normalized spacial score (nSPS) is 10.9. The Bertz CT molecular complexity index is 996. The molecule has 6 nitrogen and oxygen atoms in total. The number of ether oxygens (including phenoxy) is 1. The third-order valence-electron chi connectivity index (χ3n) is 3.53. The van der Waals surface area contributed by atoms with Crippen LogP contribution in [0.2, 0.25) is 0 Å². The van der Waals surface area contributed by atoms with Crippen molar-refractivity contribution in [2.45, 2.75) is 6.92 Å². The van der Waals surface area contributed by atoms with Gasteiger partial charge < -0.3 is 4.74 Å². The molecule has 0 aliphatic rings. The van der Waals surface area contributed by atoms with E-state index in [1.165, 1.54) is 13.0 Å². The second kappa shape index (κ2) is 6.92. The van der Waals surface area contributed by atoms with Crippen LogP contribution in [0.4, 0.5) is 5.69 Å². The number of benzene rings is 2. The number of aromatic nitrogens is 1. The molecule has 0 aliphatic carbocycles. The van der Waals surface area contributed by atoms with Crippen LogP contribution in [0.3, 0.4) is 0 Å². The first kappa shape index (κ1) is 16.3. The molecule has 2 aromatic carbocycles. The topological polar surface area (TPSA) is 82.3 Å². The van der Waals surface area contributed by atoms with Crippen LogP contribution in [-0.4, -0.2) is 15.9 Å². The van der Waals surface area contributed by atoms with Crippen LogP contribution in [0.1, 0.15) is 18.2 Å². The van der Waals surface area contributed by atoms with Gasteiger partial charge in [-0.3, -0.25) is 14.9 Å². The summed E-state index contributed by atoms with van der Waals surface area (Å²) in [7, 11) is 0. The van der Waals surface area contributed by atoms with Gasteiger partial charge in [0.05, 0.1) is 16.2 Å². The van der Waals surface area contributed by atoms with E-state index in [1.54, 1.807) is 48.6 Å². The largest absolute Gasteiger partial charge is 0.424 e. The van der Waals surface area contributed by atoms with Gasteiger partial charge in [-0.15, -0.1) is 0 Å². The summed E-state index contributed by atoms with van der Waals surface area (Å²) >= 11 is 0. The lowest BCUT2D eigenvalue weighted by Crippen LogP contribution is -2.02. The molecular weight excluding hydrogens is 320 g/mol. The van der Waals surface area contributed by atoms with Crippen molar-refractivity contribution in [3.05, 3.63) is 76.0 Å². The predicted molar refractivity (Wildman–Crippen MR) is 95.1 cm³/mol. The smallest absolute Gasteiger partial charge is 0.308 e.